The van der Waals surface area contributed by atoms with E-state index in [1.165, 1.54) is 33.3 Å². The van der Waals surface area contributed by atoms with Gasteiger partial charge in [0, 0.05) is 5.56 Å². The van der Waals surface area contributed by atoms with Crippen LogP contribution in [0.5, 0.6) is 17.2 Å². The Morgan fingerprint density at radius 1 is 0.846 bits per heavy atom. The number of ether oxygens (including phenoxy) is 3. The molecule has 140 valence electrons. The SMILES string of the molecule is COc1cc(C(C)=O)cc(OC)c1OCc1c(F)c(F)c(F)c(F)c1F. The van der Waals surface area contributed by atoms with Crippen LogP contribution in [0.4, 0.5) is 22.0 Å². The number of carbonyl (C=O) groups is 1. The normalized spacial score (nSPS) is 10.6. The van der Waals surface area contributed by atoms with E-state index in [1.807, 2.05) is 0 Å². The van der Waals surface area contributed by atoms with Gasteiger partial charge in [0.2, 0.25) is 11.6 Å². The molecule has 2 aromatic rings. The van der Waals surface area contributed by atoms with Gasteiger partial charge in [0.05, 0.1) is 19.8 Å². The van der Waals surface area contributed by atoms with E-state index in [0.29, 0.717) is 0 Å². The number of hydrogen-bond donors (Lipinski definition) is 0. The van der Waals surface area contributed by atoms with Gasteiger partial charge in [0.1, 0.15) is 6.61 Å². The Morgan fingerprint density at radius 3 is 1.65 bits per heavy atom. The van der Waals surface area contributed by atoms with Gasteiger partial charge in [-0.1, -0.05) is 0 Å². The lowest BCUT2D eigenvalue weighted by Gasteiger charge is -2.16. The molecule has 0 radical (unpaired) electrons. The van der Waals surface area contributed by atoms with Crippen molar-refractivity contribution in [1.29, 1.82) is 0 Å². The number of benzene rings is 2. The molecular formula is C17H13F5O4. The third-order valence-corrected chi connectivity index (χ3v) is 3.53. The largest absolute Gasteiger partial charge is 0.493 e. The number of ketones is 1. The molecular weight excluding hydrogens is 363 g/mol. The number of methoxy groups -OCH3 is 2. The van der Waals surface area contributed by atoms with E-state index in [9.17, 15) is 26.7 Å². The quantitative estimate of drug-likeness (QED) is 0.328. The fraction of sp³-hybridized carbons (Fsp3) is 0.235. The summed E-state index contributed by atoms with van der Waals surface area (Å²) in [6, 6.07) is 2.58. The Balaban J connectivity index is 2.46. The molecule has 0 aliphatic carbocycles. The summed E-state index contributed by atoms with van der Waals surface area (Å²) in [6.45, 7) is 0.307. The second-order valence-electron chi connectivity index (χ2n) is 5.10. The standard InChI is InChI=1S/C17H13F5O4/c1-7(23)8-4-10(24-2)17(11(5-8)25-3)26-6-9-12(18)14(20)16(22)15(21)13(9)19/h4-5H,6H2,1-3H3. The molecule has 26 heavy (non-hydrogen) atoms. The predicted octanol–water partition coefficient (Wildman–Crippen LogP) is 4.18. The van der Waals surface area contributed by atoms with E-state index in [0.717, 1.165) is 0 Å². The molecule has 2 rings (SSSR count). The smallest absolute Gasteiger partial charge is 0.203 e. The molecule has 0 aliphatic rings. The van der Waals surface area contributed by atoms with Crippen LogP contribution in [-0.4, -0.2) is 20.0 Å². The zero-order valence-electron chi connectivity index (χ0n) is 13.9. The van der Waals surface area contributed by atoms with Crippen molar-refractivity contribution in [3.8, 4) is 17.2 Å². The van der Waals surface area contributed by atoms with Crippen molar-refractivity contribution in [1.82, 2.24) is 0 Å². The summed E-state index contributed by atoms with van der Waals surface area (Å²) in [4.78, 5) is 11.5. The number of Topliss-reactive ketones (excluding diaryl/α,β-unsaturated/α-hetero) is 1. The van der Waals surface area contributed by atoms with Crippen molar-refractivity contribution in [3.05, 3.63) is 52.3 Å². The molecule has 0 unspecified atom stereocenters. The van der Waals surface area contributed by atoms with Crippen molar-refractivity contribution in [2.75, 3.05) is 14.2 Å². The van der Waals surface area contributed by atoms with E-state index in [-0.39, 0.29) is 28.6 Å². The van der Waals surface area contributed by atoms with E-state index in [1.54, 1.807) is 0 Å². The van der Waals surface area contributed by atoms with Crippen LogP contribution in [0, 0.1) is 29.1 Å². The first-order chi connectivity index (χ1) is 12.2. The van der Waals surface area contributed by atoms with Crippen LogP contribution < -0.4 is 14.2 Å². The molecule has 0 aliphatic heterocycles. The molecule has 0 N–H and O–H groups in total. The predicted molar refractivity (Wildman–Crippen MR) is 80.1 cm³/mol. The third-order valence-electron chi connectivity index (χ3n) is 3.53. The van der Waals surface area contributed by atoms with Gasteiger partial charge in [-0.25, -0.2) is 22.0 Å². The lowest BCUT2D eigenvalue weighted by atomic mass is 10.1. The summed E-state index contributed by atoms with van der Waals surface area (Å²) in [5.74, 6) is -10.9. The van der Waals surface area contributed by atoms with Crippen LogP contribution in [0.1, 0.15) is 22.8 Å². The molecule has 0 saturated carbocycles. The molecule has 0 atom stereocenters. The van der Waals surface area contributed by atoms with Crippen molar-refractivity contribution in [2.24, 2.45) is 0 Å². The Kier molecular flexibility index (Phi) is 5.69. The average molecular weight is 376 g/mol. The van der Waals surface area contributed by atoms with E-state index in [2.05, 4.69) is 0 Å². The topological polar surface area (TPSA) is 44.8 Å². The molecule has 2 aromatic carbocycles. The van der Waals surface area contributed by atoms with Crippen LogP contribution in [0.3, 0.4) is 0 Å². The summed E-state index contributed by atoms with van der Waals surface area (Å²) in [5.41, 5.74) is -0.941. The Morgan fingerprint density at radius 2 is 1.27 bits per heavy atom. The number of hydrogen-bond acceptors (Lipinski definition) is 4. The van der Waals surface area contributed by atoms with Gasteiger partial charge in [-0.3, -0.25) is 4.79 Å². The first kappa shape index (κ1) is 19.5. The van der Waals surface area contributed by atoms with Gasteiger partial charge in [0.25, 0.3) is 0 Å². The van der Waals surface area contributed by atoms with Crippen LogP contribution in [0.25, 0.3) is 0 Å². The van der Waals surface area contributed by atoms with Crippen molar-refractivity contribution in [2.45, 2.75) is 13.5 Å². The maximum Gasteiger partial charge on any atom is 0.203 e. The Hall–Kier alpha value is -2.84. The summed E-state index contributed by atoms with van der Waals surface area (Å²) in [6.07, 6.45) is 0. The van der Waals surface area contributed by atoms with Crippen molar-refractivity contribution < 1.29 is 41.0 Å². The van der Waals surface area contributed by atoms with Crippen LogP contribution in [0.2, 0.25) is 0 Å². The average Bonchev–Trinajstić information content (AvgIpc) is 2.64. The van der Waals surface area contributed by atoms with E-state index < -0.39 is 41.3 Å². The third kappa shape index (κ3) is 3.42. The number of carbonyl (C=O) groups excluding carboxylic acids is 1. The molecule has 0 fully saturated rings. The van der Waals surface area contributed by atoms with Crippen LogP contribution in [-0.2, 0) is 6.61 Å². The summed E-state index contributed by atoms with van der Waals surface area (Å²) >= 11 is 0. The molecule has 0 amide bonds. The molecule has 0 spiro atoms. The summed E-state index contributed by atoms with van der Waals surface area (Å²) in [5, 5.41) is 0. The van der Waals surface area contributed by atoms with Crippen LogP contribution in [0.15, 0.2) is 12.1 Å². The van der Waals surface area contributed by atoms with Gasteiger partial charge in [-0.05, 0) is 19.1 Å². The first-order valence-corrected chi connectivity index (χ1v) is 7.12. The highest BCUT2D eigenvalue weighted by atomic mass is 19.2. The van der Waals surface area contributed by atoms with Gasteiger partial charge >= 0.3 is 0 Å². The first-order valence-electron chi connectivity index (χ1n) is 7.12. The summed E-state index contributed by atoms with van der Waals surface area (Å²) in [7, 11) is 2.48. The number of halogens is 5. The van der Waals surface area contributed by atoms with E-state index in [4.69, 9.17) is 14.2 Å². The minimum Gasteiger partial charge on any atom is -0.493 e. The molecule has 0 bridgehead atoms. The molecule has 0 saturated heterocycles. The van der Waals surface area contributed by atoms with Gasteiger partial charge in [-0.15, -0.1) is 0 Å². The molecule has 0 aromatic heterocycles. The van der Waals surface area contributed by atoms with Crippen molar-refractivity contribution in [3.63, 3.8) is 0 Å². The lowest BCUT2D eigenvalue weighted by molar-refractivity contribution is 0.101. The van der Waals surface area contributed by atoms with E-state index >= 15 is 0 Å². The molecule has 4 nitrogen and oxygen atoms in total. The fourth-order valence-electron chi connectivity index (χ4n) is 2.15. The van der Waals surface area contributed by atoms with Crippen molar-refractivity contribution >= 4 is 5.78 Å². The van der Waals surface area contributed by atoms with Gasteiger partial charge < -0.3 is 14.2 Å². The van der Waals surface area contributed by atoms with Crippen LogP contribution >= 0.6 is 0 Å². The Bertz CT molecular complexity index is 813. The lowest BCUT2D eigenvalue weighted by Crippen LogP contribution is -2.10. The maximum absolute atomic E-state index is 13.7. The Labute approximate surface area is 145 Å². The van der Waals surface area contributed by atoms with Gasteiger partial charge in [0.15, 0.2) is 40.6 Å². The highest BCUT2D eigenvalue weighted by molar-refractivity contribution is 5.95. The zero-order chi connectivity index (χ0) is 19.6. The minimum absolute atomic E-state index is 0.0154. The van der Waals surface area contributed by atoms with Gasteiger partial charge in [-0.2, -0.15) is 0 Å². The molecule has 9 heteroatoms. The molecule has 0 heterocycles. The highest BCUT2D eigenvalue weighted by Crippen LogP contribution is 2.39. The zero-order valence-corrected chi connectivity index (χ0v) is 13.9. The maximum atomic E-state index is 13.7. The monoisotopic (exact) mass is 376 g/mol. The second-order valence-corrected chi connectivity index (χ2v) is 5.10. The number of rotatable bonds is 6. The summed E-state index contributed by atoms with van der Waals surface area (Å²) < 4.78 is 82.3. The highest BCUT2D eigenvalue weighted by Gasteiger charge is 2.26. The fourth-order valence-corrected chi connectivity index (χ4v) is 2.15. The second kappa shape index (κ2) is 7.59. The minimum atomic E-state index is -2.26.